The van der Waals surface area contributed by atoms with Crippen LogP contribution in [0.5, 0.6) is 0 Å². The van der Waals surface area contributed by atoms with Crippen LogP contribution in [0.25, 0.3) is 28.1 Å². The second-order valence-corrected chi connectivity index (χ2v) is 8.44. The number of likely N-dealkylation sites (tertiary alicyclic amines) is 1. The molecule has 0 saturated carbocycles. The predicted octanol–water partition coefficient (Wildman–Crippen LogP) is 5.95. The number of hydrogen-bond donors (Lipinski definition) is 1. The van der Waals surface area contributed by atoms with Crippen LogP contribution >= 0.6 is 0 Å². The number of aromatic nitrogens is 4. The summed E-state index contributed by atoms with van der Waals surface area (Å²) in [5.74, 6) is 0.177. The summed E-state index contributed by atoms with van der Waals surface area (Å²) in [7, 11) is 1.85. The minimum Gasteiger partial charge on any atom is -0.361 e. The fourth-order valence-electron chi connectivity index (χ4n) is 4.50. The van der Waals surface area contributed by atoms with E-state index in [4.69, 9.17) is 0 Å². The maximum Gasteiger partial charge on any atom is 0.132 e. The Morgan fingerprint density at radius 2 is 1.94 bits per heavy atom. The van der Waals surface area contributed by atoms with Gasteiger partial charge in [0.05, 0.1) is 24.1 Å². The Morgan fingerprint density at radius 1 is 1.06 bits per heavy atom. The van der Waals surface area contributed by atoms with Crippen molar-refractivity contribution in [3.8, 4) is 22.4 Å². The minimum absolute atomic E-state index is 0.0602. The summed E-state index contributed by atoms with van der Waals surface area (Å²) in [5, 5.41) is 4.22. The van der Waals surface area contributed by atoms with Gasteiger partial charge in [-0.1, -0.05) is 24.8 Å². The first-order valence-corrected chi connectivity index (χ1v) is 11.0. The van der Waals surface area contributed by atoms with Crippen molar-refractivity contribution in [2.24, 2.45) is 7.05 Å². The van der Waals surface area contributed by atoms with Gasteiger partial charge in [-0.3, -0.25) is 4.68 Å². The van der Waals surface area contributed by atoms with Crippen LogP contribution in [0.15, 0.2) is 67.6 Å². The van der Waals surface area contributed by atoms with Gasteiger partial charge in [0.1, 0.15) is 17.5 Å². The quantitative estimate of drug-likeness (QED) is 0.413. The van der Waals surface area contributed by atoms with Crippen molar-refractivity contribution in [1.82, 2.24) is 24.6 Å². The Bertz CT molecular complexity index is 1310. The second kappa shape index (κ2) is 8.65. The molecule has 0 amide bonds. The number of nitrogens with one attached hydrogen (secondary N) is 1. The third-order valence-corrected chi connectivity index (χ3v) is 6.21. The van der Waals surface area contributed by atoms with Crippen molar-refractivity contribution in [3.05, 3.63) is 90.7 Å². The standard InChI is InChI=1S/C26H25F2N5/c1-17(22-13-18(9-10-23(22)28)20-14-30-32(2)16-20)33-11-4-3-8-25(33)26-29-15-24(31-26)19-6-5-7-21(27)12-19/h5-7,9-10,12-16,25H,1,3-4,8,11H2,2H3,(H,29,31). The van der Waals surface area contributed by atoms with E-state index < -0.39 is 0 Å². The van der Waals surface area contributed by atoms with E-state index in [0.29, 0.717) is 11.3 Å². The van der Waals surface area contributed by atoms with E-state index >= 15 is 0 Å². The molecule has 2 aromatic heterocycles. The topological polar surface area (TPSA) is 49.7 Å². The lowest BCUT2D eigenvalue weighted by Gasteiger charge is -2.38. The van der Waals surface area contributed by atoms with Crippen LogP contribution in [0.1, 0.15) is 36.7 Å². The highest BCUT2D eigenvalue weighted by Crippen LogP contribution is 2.37. The molecule has 0 radical (unpaired) electrons. The highest BCUT2D eigenvalue weighted by Gasteiger charge is 2.29. The second-order valence-electron chi connectivity index (χ2n) is 8.44. The molecule has 0 spiro atoms. The van der Waals surface area contributed by atoms with Gasteiger partial charge in [0, 0.05) is 42.2 Å². The van der Waals surface area contributed by atoms with Crippen LogP contribution in [0, 0.1) is 11.6 Å². The zero-order chi connectivity index (χ0) is 22.9. The maximum atomic E-state index is 14.9. The lowest BCUT2D eigenvalue weighted by molar-refractivity contribution is 0.222. The summed E-state index contributed by atoms with van der Waals surface area (Å²) in [6.07, 6.45) is 8.31. The van der Waals surface area contributed by atoms with E-state index in [9.17, 15) is 8.78 Å². The highest BCUT2D eigenvalue weighted by atomic mass is 19.1. The molecule has 1 unspecified atom stereocenters. The van der Waals surface area contributed by atoms with E-state index in [1.165, 1.54) is 18.2 Å². The van der Waals surface area contributed by atoms with Crippen molar-refractivity contribution < 1.29 is 8.78 Å². The number of aromatic amines is 1. The number of H-pyrrole nitrogens is 1. The van der Waals surface area contributed by atoms with E-state index in [0.717, 1.165) is 54.0 Å². The summed E-state index contributed by atoms with van der Waals surface area (Å²) in [5.41, 5.74) is 4.41. The van der Waals surface area contributed by atoms with Crippen LogP contribution in [-0.4, -0.2) is 31.2 Å². The average molecular weight is 446 g/mol. The first-order chi connectivity index (χ1) is 16.0. The Labute approximate surface area is 191 Å². The molecule has 2 aromatic carbocycles. The molecule has 0 bridgehead atoms. The molecule has 0 aliphatic carbocycles. The van der Waals surface area contributed by atoms with Crippen molar-refractivity contribution >= 4 is 5.70 Å². The Balaban J connectivity index is 1.45. The van der Waals surface area contributed by atoms with Gasteiger partial charge < -0.3 is 9.88 Å². The monoisotopic (exact) mass is 445 g/mol. The Morgan fingerprint density at radius 3 is 2.73 bits per heavy atom. The first-order valence-electron chi connectivity index (χ1n) is 11.0. The lowest BCUT2D eigenvalue weighted by Crippen LogP contribution is -2.32. The SMILES string of the molecule is C=C(c1cc(-c2cnn(C)c2)ccc1F)N1CCCCC1c1ncc(-c2cccc(F)c2)[nH]1. The summed E-state index contributed by atoms with van der Waals surface area (Å²) < 4.78 is 30.3. The summed E-state index contributed by atoms with van der Waals surface area (Å²) in [4.78, 5) is 10.1. The zero-order valence-electron chi connectivity index (χ0n) is 18.4. The molecule has 7 heteroatoms. The van der Waals surface area contributed by atoms with Crippen molar-refractivity contribution in [2.75, 3.05) is 6.54 Å². The van der Waals surface area contributed by atoms with E-state index in [2.05, 4.69) is 26.5 Å². The molecule has 5 nitrogen and oxygen atoms in total. The molecule has 5 rings (SSSR count). The number of piperidine rings is 1. The smallest absolute Gasteiger partial charge is 0.132 e. The van der Waals surface area contributed by atoms with Crippen LogP contribution in [0.2, 0.25) is 0 Å². The van der Waals surface area contributed by atoms with Crippen LogP contribution < -0.4 is 0 Å². The molecule has 1 saturated heterocycles. The van der Waals surface area contributed by atoms with Crippen molar-refractivity contribution in [1.29, 1.82) is 0 Å². The van der Waals surface area contributed by atoms with Gasteiger partial charge >= 0.3 is 0 Å². The van der Waals surface area contributed by atoms with Crippen molar-refractivity contribution in [3.63, 3.8) is 0 Å². The van der Waals surface area contributed by atoms with E-state index in [1.54, 1.807) is 29.2 Å². The number of rotatable bonds is 5. The lowest BCUT2D eigenvalue weighted by atomic mass is 9.97. The molecule has 1 aliphatic heterocycles. The third-order valence-electron chi connectivity index (χ3n) is 6.21. The largest absolute Gasteiger partial charge is 0.361 e. The molecule has 1 aliphatic rings. The number of benzene rings is 2. The number of nitrogens with zero attached hydrogens (tertiary/aromatic N) is 4. The molecule has 168 valence electrons. The predicted molar refractivity (Wildman–Crippen MR) is 125 cm³/mol. The molecular formula is C26H25F2N5. The third kappa shape index (κ3) is 4.18. The number of aryl methyl sites for hydroxylation is 1. The molecule has 1 atom stereocenters. The number of imidazole rings is 1. The van der Waals surface area contributed by atoms with Crippen molar-refractivity contribution in [2.45, 2.75) is 25.3 Å². The van der Waals surface area contributed by atoms with Gasteiger partial charge in [-0.15, -0.1) is 0 Å². The molecule has 1 N–H and O–H groups in total. The summed E-state index contributed by atoms with van der Waals surface area (Å²) in [6, 6.07) is 11.4. The van der Waals surface area contributed by atoms with Gasteiger partial charge in [0.15, 0.2) is 0 Å². The molecule has 33 heavy (non-hydrogen) atoms. The van der Waals surface area contributed by atoms with Gasteiger partial charge in [0.25, 0.3) is 0 Å². The Kier molecular flexibility index (Phi) is 5.54. The average Bonchev–Trinajstić information content (AvgIpc) is 3.49. The van der Waals surface area contributed by atoms with Crippen LogP contribution in [-0.2, 0) is 7.05 Å². The van der Waals surface area contributed by atoms with Gasteiger partial charge in [-0.05, 0) is 49.1 Å². The van der Waals surface area contributed by atoms with Crippen LogP contribution in [0.4, 0.5) is 8.78 Å². The normalized spacial score (nSPS) is 16.2. The van der Waals surface area contributed by atoms with Gasteiger partial charge in [-0.2, -0.15) is 5.10 Å². The van der Waals surface area contributed by atoms with Crippen LogP contribution in [0.3, 0.4) is 0 Å². The maximum absolute atomic E-state index is 14.9. The van der Waals surface area contributed by atoms with Gasteiger partial charge in [-0.25, -0.2) is 13.8 Å². The fourth-order valence-corrected chi connectivity index (χ4v) is 4.50. The van der Waals surface area contributed by atoms with E-state index in [-0.39, 0.29) is 17.7 Å². The Hall–Kier alpha value is -3.74. The number of halogens is 2. The summed E-state index contributed by atoms with van der Waals surface area (Å²) in [6.45, 7) is 5.04. The summed E-state index contributed by atoms with van der Waals surface area (Å²) >= 11 is 0. The number of hydrogen-bond acceptors (Lipinski definition) is 3. The first kappa shape index (κ1) is 21.1. The minimum atomic E-state index is -0.308. The molecule has 3 heterocycles. The van der Waals surface area contributed by atoms with Gasteiger partial charge in [0.2, 0.25) is 0 Å². The van der Waals surface area contributed by atoms with E-state index in [1.807, 2.05) is 25.4 Å². The molecule has 4 aromatic rings. The molecule has 1 fully saturated rings. The fraction of sp³-hybridized carbons (Fsp3) is 0.231. The zero-order valence-corrected chi connectivity index (χ0v) is 18.4. The molecular weight excluding hydrogens is 420 g/mol. The highest BCUT2D eigenvalue weighted by molar-refractivity contribution is 5.71.